The summed E-state index contributed by atoms with van der Waals surface area (Å²) in [6.45, 7) is 2.20. The van der Waals surface area contributed by atoms with E-state index in [1.807, 2.05) is 0 Å². The number of nitrogens with one attached hydrogen (secondary N) is 1. The summed E-state index contributed by atoms with van der Waals surface area (Å²) in [5.41, 5.74) is 0.319. The highest BCUT2D eigenvalue weighted by Gasteiger charge is 2.07. The van der Waals surface area contributed by atoms with Gasteiger partial charge in [0, 0.05) is 17.9 Å². The molecule has 0 aromatic heterocycles. The van der Waals surface area contributed by atoms with E-state index in [2.05, 4.69) is 5.32 Å². The van der Waals surface area contributed by atoms with Crippen LogP contribution in [-0.4, -0.2) is 23.6 Å². The van der Waals surface area contributed by atoms with E-state index < -0.39 is 0 Å². The van der Waals surface area contributed by atoms with Gasteiger partial charge in [-0.15, -0.1) is 0 Å². The topological polar surface area (TPSA) is 75.6 Å². The molecule has 1 aromatic rings. The molecule has 6 heteroatoms. The minimum atomic E-state index is -0.170. The van der Waals surface area contributed by atoms with Crippen molar-refractivity contribution in [3.05, 3.63) is 23.2 Å². The van der Waals surface area contributed by atoms with Gasteiger partial charge in [-0.25, -0.2) is 0 Å². The SMILES string of the molecule is CCOC(=O)CCCCCCC(=O)Nc1cc(Cl)ccc1O. The molecule has 0 fully saturated rings. The second-order valence-corrected chi connectivity index (χ2v) is 5.37. The van der Waals surface area contributed by atoms with E-state index in [0.29, 0.717) is 30.2 Å². The first-order valence-corrected chi connectivity index (χ1v) is 7.84. The number of esters is 1. The van der Waals surface area contributed by atoms with E-state index in [1.54, 1.807) is 13.0 Å². The predicted molar refractivity (Wildman–Crippen MR) is 86.1 cm³/mol. The largest absolute Gasteiger partial charge is 0.506 e. The lowest BCUT2D eigenvalue weighted by Gasteiger charge is -2.07. The lowest BCUT2D eigenvalue weighted by Crippen LogP contribution is -2.11. The Labute approximate surface area is 135 Å². The maximum Gasteiger partial charge on any atom is 0.305 e. The normalized spacial score (nSPS) is 10.3. The van der Waals surface area contributed by atoms with Gasteiger partial charge in [-0.1, -0.05) is 24.4 Å². The first-order chi connectivity index (χ1) is 10.5. The van der Waals surface area contributed by atoms with E-state index in [1.165, 1.54) is 12.1 Å². The third-order valence-corrected chi connectivity index (χ3v) is 3.31. The van der Waals surface area contributed by atoms with Crippen molar-refractivity contribution in [3.63, 3.8) is 0 Å². The van der Waals surface area contributed by atoms with Gasteiger partial charge < -0.3 is 15.2 Å². The summed E-state index contributed by atoms with van der Waals surface area (Å²) in [6, 6.07) is 4.50. The van der Waals surface area contributed by atoms with Gasteiger partial charge >= 0.3 is 5.97 Å². The quantitative estimate of drug-likeness (QED) is 0.410. The van der Waals surface area contributed by atoms with Crippen LogP contribution in [0, 0.1) is 0 Å². The number of hydrogen-bond donors (Lipinski definition) is 2. The molecule has 122 valence electrons. The maximum atomic E-state index is 11.8. The lowest BCUT2D eigenvalue weighted by atomic mass is 10.1. The second kappa shape index (κ2) is 10.1. The van der Waals surface area contributed by atoms with Crippen LogP contribution in [0.5, 0.6) is 5.75 Å². The van der Waals surface area contributed by atoms with Crippen molar-refractivity contribution in [2.45, 2.75) is 45.4 Å². The molecule has 0 saturated heterocycles. The van der Waals surface area contributed by atoms with Gasteiger partial charge in [-0.3, -0.25) is 9.59 Å². The van der Waals surface area contributed by atoms with Crippen molar-refractivity contribution in [2.24, 2.45) is 0 Å². The van der Waals surface area contributed by atoms with Crippen LogP contribution in [0.15, 0.2) is 18.2 Å². The molecule has 0 bridgehead atoms. The number of benzene rings is 1. The van der Waals surface area contributed by atoms with Gasteiger partial charge in [0.1, 0.15) is 5.75 Å². The standard InChI is InChI=1S/C16H22ClNO4/c1-2-22-16(21)8-6-4-3-5-7-15(20)18-13-11-12(17)9-10-14(13)19/h9-11,19H,2-8H2,1H3,(H,18,20). The number of carbonyl (C=O) groups is 2. The summed E-state index contributed by atoms with van der Waals surface area (Å²) in [7, 11) is 0. The van der Waals surface area contributed by atoms with Crippen molar-refractivity contribution < 1.29 is 19.4 Å². The highest BCUT2D eigenvalue weighted by molar-refractivity contribution is 6.31. The molecule has 0 aliphatic heterocycles. The predicted octanol–water partition coefficient (Wildman–Crippen LogP) is 3.89. The summed E-state index contributed by atoms with van der Waals surface area (Å²) in [4.78, 5) is 22.9. The van der Waals surface area contributed by atoms with Gasteiger partial charge in [-0.2, -0.15) is 0 Å². The Morgan fingerprint density at radius 1 is 1.18 bits per heavy atom. The van der Waals surface area contributed by atoms with E-state index in [4.69, 9.17) is 16.3 Å². The summed E-state index contributed by atoms with van der Waals surface area (Å²) >= 11 is 5.81. The number of carbonyl (C=O) groups excluding carboxylic acids is 2. The second-order valence-electron chi connectivity index (χ2n) is 4.93. The fraction of sp³-hybridized carbons (Fsp3) is 0.500. The minimum absolute atomic E-state index is 0.00723. The Morgan fingerprint density at radius 2 is 1.86 bits per heavy atom. The fourth-order valence-electron chi connectivity index (χ4n) is 1.96. The molecule has 1 aromatic carbocycles. The summed E-state index contributed by atoms with van der Waals surface area (Å²) in [6.07, 6.45) is 4.05. The van der Waals surface area contributed by atoms with Crippen molar-refractivity contribution in [1.29, 1.82) is 0 Å². The van der Waals surface area contributed by atoms with Crippen LogP contribution in [-0.2, 0) is 14.3 Å². The Morgan fingerprint density at radius 3 is 2.55 bits per heavy atom. The van der Waals surface area contributed by atoms with Gasteiger partial charge in [0.05, 0.1) is 12.3 Å². The minimum Gasteiger partial charge on any atom is -0.506 e. The highest BCUT2D eigenvalue weighted by Crippen LogP contribution is 2.26. The summed E-state index contributed by atoms with van der Waals surface area (Å²) < 4.78 is 4.84. The van der Waals surface area contributed by atoms with Crippen molar-refractivity contribution >= 4 is 29.2 Å². The van der Waals surface area contributed by atoms with Crippen LogP contribution >= 0.6 is 11.6 Å². The van der Waals surface area contributed by atoms with E-state index in [0.717, 1.165) is 25.7 Å². The van der Waals surface area contributed by atoms with Crippen molar-refractivity contribution in [2.75, 3.05) is 11.9 Å². The van der Waals surface area contributed by atoms with Crippen LogP contribution in [0.1, 0.15) is 45.4 Å². The number of halogens is 1. The monoisotopic (exact) mass is 327 g/mol. The molecular formula is C16H22ClNO4. The lowest BCUT2D eigenvalue weighted by molar-refractivity contribution is -0.143. The van der Waals surface area contributed by atoms with Crippen LogP contribution < -0.4 is 5.32 Å². The number of unbranched alkanes of at least 4 members (excludes halogenated alkanes) is 3. The zero-order chi connectivity index (χ0) is 16.4. The number of anilines is 1. The molecule has 0 aliphatic carbocycles. The van der Waals surface area contributed by atoms with Gasteiger partial charge in [0.15, 0.2) is 0 Å². The van der Waals surface area contributed by atoms with Crippen LogP contribution in [0.25, 0.3) is 0 Å². The number of aromatic hydroxyl groups is 1. The van der Waals surface area contributed by atoms with E-state index in [9.17, 15) is 14.7 Å². The Bertz CT molecular complexity index is 505. The molecule has 0 spiro atoms. The number of hydrogen-bond acceptors (Lipinski definition) is 4. The summed E-state index contributed by atoms with van der Waals surface area (Å²) in [5, 5.41) is 12.7. The molecule has 0 atom stereocenters. The smallest absolute Gasteiger partial charge is 0.305 e. The van der Waals surface area contributed by atoms with Gasteiger partial charge in [0.25, 0.3) is 0 Å². The van der Waals surface area contributed by atoms with E-state index in [-0.39, 0.29) is 17.6 Å². The molecule has 5 nitrogen and oxygen atoms in total. The molecule has 0 radical (unpaired) electrons. The number of phenolic OH excluding ortho intramolecular Hbond substituents is 1. The molecule has 1 rings (SSSR count). The number of ether oxygens (including phenoxy) is 1. The van der Waals surface area contributed by atoms with Crippen LogP contribution in [0.4, 0.5) is 5.69 Å². The highest BCUT2D eigenvalue weighted by atomic mass is 35.5. The third kappa shape index (κ3) is 7.31. The molecular weight excluding hydrogens is 306 g/mol. The zero-order valence-corrected chi connectivity index (χ0v) is 13.5. The van der Waals surface area contributed by atoms with Gasteiger partial charge in [0.2, 0.25) is 5.91 Å². The Balaban J connectivity index is 2.16. The zero-order valence-electron chi connectivity index (χ0n) is 12.7. The average Bonchev–Trinajstić information content (AvgIpc) is 2.47. The van der Waals surface area contributed by atoms with Crippen molar-refractivity contribution in [3.8, 4) is 5.75 Å². The van der Waals surface area contributed by atoms with E-state index >= 15 is 0 Å². The van der Waals surface area contributed by atoms with Gasteiger partial charge in [-0.05, 0) is 38.0 Å². The molecule has 0 saturated carbocycles. The fourth-order valence-corrected chi connectivity index (χ4v) is 2.13. The first-order valence-electron chi connectivity index (χ1n) is 7.47. The molecule has 1 amide bonds. The van der Waals surface area contributed by atoms with Crippen LogP contribution in [0.2, 0.25) is 5.02 Å². The maximum absolute atomic E-state index is 11.8. The first kappa shape index (κ1) is 18.3. The average molecular weight is 328 g/mol. The molecule has 0 heterocycles. The molecule has 0 aliphatic rings. The third-order valence-electron chi connectivity index (χ3n) is 3.07. The summed E-state index contributed by atoms with van der Waals surface area (Å²) in [5.74, 6) is -0.341. The van der Waals surface area contributed by atoms with Crippen LogP contribution in [0.3, 0.4) is 0 Å². The molecule has 0 unspecified atom stereocenters. The Kier molecular flexibility index (Phi) is 8.36. The Hall–Kier alpha value is -1.75. The van der Waals surface area contributed by atoms with Crippen molar-refractivity contribution in [1.82, 2.24) is 0 Å². The number of phenols is 1. The number of rotatable bonds is 9. The molecule has 22 heavy (non-hydrogen) atoms. The number of amides is 1. The molecule has 2 N–H and O–H groups in total.